The van der Waals surface area contributed by atoms with Crippen LogP contribution in [0.15, 0.2) is 36.7 Å². The van der Waals surface area contributed by atoms with Crippen molar-refractivity contribution < 1.29 is 46.4 Å². The van der Waals surface area contributed by atoms with Crippen LogP contribution in [0.25, 0.3) is 0 Å². The number of nitrogens with zero attached hydrogens (tertiary/aromatic N) is 4. The van der Waals surface area contributed by atoms with Gasteiger partial charge in [0.1, 0.15) is 0 Å². The van der Waals surface area contributed by atoms with E-state index < -0.39 is 41.8 Å². The molecule has 1 saturated heterocycles. The molecule has 2 atom stereocenters. The highest BCUT2D eigenvalue weighted by atomic mass is 79.9. The summed E-state index contributed by atoms with van der Waals surface area (Å²) in [4.78, 5) is 15.9. The zero-order valence-corrected chi connectivity index (χ0v) is 33.6. The van der Waals surface area contributed by atoms with Crippen molar-refractivity contribution in [3.05, 3.63) is 75.9 Å². The number of pyridine rings is 1. The van der Waals surface area contributed by atoms with E-state index in [-0.39, 0.29) is 102 Å². The number of ether oxygens (including phenoxy) is 1. The minimum Gasteiger partial charge on any atom is -0.490 e. The second-order valence-corrected chi connectivity index (χ2v) is 15.4. The number of alkyl halides is 6. The summed E-state index contributed by atoms with van der Waals surface area (Å²) >= 11 is 0. The highest BCUT2D eigenvalue weighted by molar-refractivity contribution is 8.93. The summed E-state index contributed by atoms with van der Waals surface area (Å²) in [7, 11) is 0. The Morgan fingerprint density at radius 2 is 1.50 bits per heavy atom. The molecule has 1 aromatic carbocycles. The Bertz CT molecular complexity index is 1680. The van der Waals surface area contributed by atoms with Crippen molar-refractivity contribution in [3.63, 3.8) is 0 Å². The van der Waals surface area contributed by atoms with E-state index in [0.717, 1.165) is 24.3 Å². The van der Waals surface area contributed by atoms with Crippen molar-refractivity contribution in [2.24, 2.45) is 11.3 Å². The molecule has 16 heteroatoms. The van der Waals surface area contributed by atoms with Gasteiger partial charge in [0.2, 0.25) is 11.9 Å². The molecular weight excluding hydrogens is 850 g/mol. The number of piperidine rings is 1. The molecule has 2 aliphatic carbocycles. The van der Waals surface area contributed by atoms with E-state index in [1.807, 2.05) is 18.7 Å². The largest absolute Gasteiger partial charge is 0.490 e. The van der Waals surface area contributed by atoms with Crippen molar-refractivity contribution in [2.45, 2.75) is 101 Å². The van der Waals surface area contributed by atoms with Crippen molar-refractivity contribution >= 4 is 39.9 Å². The van der Waals surface area contributed by atoms with Crippen LogP contribution < -0.4 is 9.64 Å². The number of benzene rings is 1. The fourth-order valence-corrected chi connectivity index (χ4v) is 7.99. The third kappa shape index (κ3) is 9.88. The first-order chi connectivity index (χ1) is 24.6. The second kappa shape index (κ2) is 17.7. The van der Waals surface area contributed by atoms with E-state index in [4.69, 9.17) is 9.72 Å². The minimum absolute atomic E-state index is 0. The predicted octanol–water partition coefficient (Wildman–Crippen LogP) is 8.77. The van der Waals surface area contributed by atoms with Crippen molar-refractivity contribution in [1.29, 1.82) is 0 Å². The molecular formula is C38H48Br2F6N4O4. The second-order valence-electron chi connectivity index (χ2n) is 15.4. The van der Waals surface area contributed by atoms with Crippen molar-refractivity contribution in [3.8, 4) is 5.75 Å². The normalized spacial score (nSPS) is 20.8. The van der Waals surface area contributed by atoms with Gasteiger partial charge in [-0.05, 0) is 73.1 Å². The Labute approximate surface area is 332 Å². The Morgan fingerprint density at radius 3 is 2.06 bits per heavy atom. The summed E-state index contributed by atoms with van der Waals surface area (Å²) in [6, 6.07) is 3.93. The Kier molecular flexibility index (Phi) is 14.5. The van der Waals surface area contributed by atoms with Gasteiger partial charge in [0, 0.05) is 54.6 Å². The molecule has 1 unspecified atom stereocenters. The first kappa shape index (κ1) is 44.2. The summed E-state index contributed by atoms with van der Waals surface area (Å²) in [5, 5.41) is 30.2. The molecule has 3 heterocycles. The predicted molar refractivity (Wildman–Crippen MR) is 202 cm³/mol. The van der Waals surface area contributed by atoms with Crippen LogP contribution >= 0.6 is 34.0 Å². The average Bonchev–Trinajstić information content (AvgIpc) is 3.10. The Morgan fingerprint density at radius 1 is 0.907 bits per heavy atom. The zero-order chi connectivity index (χ0) is 37.4. The van der Waals surface area contributed by atoms with E-state index in [0.29, 0.717) is 73.0 Å². The van der Waals surface area contributed by atoms with E-state index in [2.05, 4.69) is 9.97 Å². The van der Waals surface area contributed by atoms with Crippen LogP contribution in [0.3, 0.4) is 0 Å². The van der Waals surface area contributed by atoms with Gasteiger partial charge in [-0.2, -0.15) is 13.2 Å². The smallest absolute Gasteiger partial charge is 0.416 e. The number of hydrogen-bond acceptors (Lipinski definition) is 8. The number of fused-ring (bicyclic) bond motifs is 1. The molecule has 1 saturated carbocycles. The summed E-state index contributed by atoms with van der Waals surface area (Å²) in [5.74, 6) is -3.20. The van der Waals surface area contributed by atoms with Gasteiger partial charge in [0.15, 0.2) is 11.9 Å². The third-order valence-electron chi connectivity index (χ3n) is 10.8. The van der Waals surface area contributed by atoms with Crippen LogP contribution in [0.1, 0.15) is 122 Å². The first-order valence-corrected chi connectivity index (χ1v) is 17.9. The molecule has 0 bridgehead atoms. The van der Waals surface area contributed by atoms with Gasteiger partial charge >= 0.3 is 6.18 Å². The van der Waals surface area contributed by atoms with E-state index in [1.54, 1.807) is 0 Å². The summed E-state index contributed by atoms with van der Waals surface area (Å²) in [6.07, 6.45) is -3.18. The average molecular weight is 899 g/mol. The SMILES string of the molecule is Br.Br.CC1(C)Cc2nc(C3CCN(c4ncc(OCC(CO)CO)cn4)CC3)c(C(F)c3ccc(C(F)(F)F)cc3)c(C3CCC(F)(F)CC3)c2[C@@H](O)C1. The van der Waals surface area contributed by atoms with Gasteiger partial charge in [-0.15, -0.1) is 34.0 Å². The third-order valence-corrected chi connectivity index (χ3v) is 10.8. The summed E-state index contributed by atoms with van der Waals surface area (Å²) < 4.78 is 92.1. The lowest BCUT2D eigenvalue weighted by Crippen LogP contribution is -2.36. The quantitative estimate of drug-likeness (QED) is 0.173. The lowest BCUT2D eigenvalue weighted by molar-refractivity contribution is -0.137. The maximum absolute atomic E-state index is 17.2. The Hall–Kier alpha value is -2.53. The highest BCUT2D eigenvalue weighted by Gasteiger charge is 2.44. The van der Waals surface area contributed by atoms with Gasteiger partial charge in [-0.25, -0.2) is 23.1 Å². The maximum atomic E-state index is 17.2. The van der Waals surface area contributed by atoms with Gasteiger partial charge in [0.25, 0.3) is 0 Å². The fraction of sp³-hybridized carbons (Fsp3) is 0.605. The van der Waals surface area contributed by atoms with Gasteiger partial charge < -0.3 is 25.0 Å². The number of aromatic nitrogens is 3. The van der Waals surface area contributed by atoms with E-state index >= 15 is 4.39 Å². The number of anilines is 1. The summed E-state index contributed by atoms with van der Waals surface area (Å²) in [5.41, 5.74) is 1.03. The van der Waals surface area contributed by atoms with E-state index in [1.165, 1.54) is 12.4 Å². The molecule has 0 spiro atoms. The number of hydrogen-bond donors (Lipinski definition) is 3. The fourth-order valence-electron chi connectivity index (χ4n) is 7.99. The number of aliphatic hydroxyl groups excluding tert-OH is 3. The number of aliphatic hydroxyl groups is 3. The lowest BCUT2D eigenvalue weighted by atomic mass is 9.68. The van der Waals surface area contributed by atoms with Crippen LogP contribution in [-0.2, 0) is 12.6 Å². The molecule has 0 radical (unpaired) electrons. The molecule has 3 N–H and O–H groups in total. The molecule has 1 aliphatic heterocycles. The van der Waals surface area contributed by atoms with Crippen LogP contribution in [-0.4, -0.2) is 69.1 Å². The van der Waals surface area contributed by atoms with Gasteiger partial charge in [-0.3, -0.25) is 4.98 Å². The lowest BCUT2D eigenvalue weighted by Gasteiger charge is -2.41. The molecule has 0 amide bonds. The zero-order valence-electron chi connectivity index (χ0n) is 30.2. The molecule has 2 fully saturated rings. The van der Waals surface area contributed by atoms with Crippen LogP contribution in [0.4, 0.5) is 32.3 Å². The standard InChI is InChI=1S/C38H46F6N4O4.2BrH/c1-36(2)15-28-31(29(51)16-36)30(23-7-11-37(40,41)12-8-23)32(33(39)24-3-5-26(6-4-24)38(42,43)44)34(47-28)25-9-13-48(14-10-25)35-45-17-27(18-46-35)52-21-22(19-49)20-50;;/h3-6,17-18,22-23,25,29,33,49-51H,7-16,19-21H2,1-2H3;2*1H/t29-,33?;;/m0../s1. The van der Waals surface area contributed by atoms with Gasteiger partial charge in [-0.1, -0.05) is 26.0 Å². The molecule has 8 nitrogen and oxygen atoms in total. The maximum Gasteiger partial charge on any atom is 0.416 e. The first-order valence-electron chi connectivity index (χ1n) is 17.9. The van der Waals surface area contributed by atoms with Crippen LogP contribution in [0.5, 0.6) is 5.75 Å². The Balaban J connectivity index is 0.00000325. The van der Waals surface area contributed by atoms with Crippen LogP contribution in [0.2, 0.25) is 0 Å². The minimum atomic E-state index is -4.60. The van der Waals surface area contributed by atoms with Crippen LogP contribution in [0, 0.1) is 11.3 Å². The number of rotatable bonds is 10. The molecule has 54 heavy (non-hydrogen) atoms. The van der Waals surface area contributed by atoms with Crippen molar-refractivity contribution in [2.75, 3.05) is 37.8 Å². The molecule has 3 aliphatic rings. The molecule has 300 valence electrons. The van der Waals surface area contributed by atoms with Gasteiger partial charge in [0.05, 0.1) is 49.6 Å². The monoisotopic (exact) mass is 896 g/mol. The topological polar surface area (TPSA) is 112 Å². The molecule has 2 aromatic heterocycles. The number of halogens is 8. The highest BCUT2D eigenvalue weighted by Crippen LogP contribution is 2.52. The summed E-state index contributed by atoms with van der Waals surface area (Å²) in [6.45, 7) is 4.64. The molecule has 3 aromatic rings. The molecule has 6 rings (SSSR count). The van der Waals surface area contributed by atoms with E-state index in [9.17, 15) is 37.3 Å². The van der Waals surface area contributed by atoms with Crippen molar-refractivity contribution in [1.82, 2.24) is 15.0 Å².